The molecule has 2 N–H and O–H groups in total. The van der Waals surface area contributed by atoms with Crippen LogP contribution < -0.4 is 15.5 Å². The number of fused-ring (bicyclic) bond motifs is 1. The third kappa shape index (κ3) is 5.33. The van der Waals surface area contributed by atoms with Crippen LogP contribution in [0.15, 0.2) is 59.7 Å². The summed E-state index contributed by atoms with van der Waals surface area (Å²) < 4.78 is 10.4. The number of benzene rings is 2. The van der Waals surface area contributed by atoms with Crippen molar-refractivity contribution in [3.8, 4) is 5.75 Å². The van der Waals surface area contributed by atoms with Crippen molar-refractivity contribution in [3.05, 3.63) is 81.7 Å². The third-order valence-corrected chi connectivity index (χ3v) is 6.77. The molecule has 0 fully saturated rings. The van der Waals surface area contributed by atoms with Crippen molar-refractivity contribution < 1.29 is 28.7 Å². The first-order valence-electron chi connectivity index (χ1n) is 11.1. The van der Waals surface area contributed by atoms with Gasteiger partial charge in [0.2, 0.25) is 0 Å². The van der Waals surface area contributed by atoms with Gasteiger partial charge in [-0.3, -0.25) is 9.59 Å². The highest BCUT2D eigenvalue weighted by atomic mass is 32.1. The molecule has 2 aromatic carbocycles. The molecule has 0 saturated carbocycles. The number of esters is 2. The molecule has 0 bridgehead atoms. The predicted molar refractivity (Wildman–Crippen MR) is 135 cm³/mol. The molecule has 1 aliphatic carbocycles. The Morgan fingerprint density at radius 1 is 0.917 bits per heavy atom. The molecule has 2 amide bonds. The average Bonchev–Trinajstić information content (AvgIpc) is 3.48. The van der Waals surface area contributed by atoms with E-state index >= 15 is 0 Å². The lowest BCUT2D eigenvalue weighted by molar-refractivity contribution is -0.136. The number of nitrogens with zero attached hydrogens (tertiary/aromatic N) is 1. The summed E-state index contributed by atoms with van der Waals surface area (Å²) >= 11 is 1.27. The lowest BCUT2D eigenvalue weighted by Gasteiger charge is -2.10. The summed E-state index contributed by atoms with van der Waals surface area (Å²) in [4.78, 5) is 50.6. The number of hydrazone groups is 1. The molecule has 0 unspecified atom stereocenters. The molecular weight excluding hydrogens is 482 g/mol. The standard InChI is InChI=1S/C26H23N3O6S/c1-15(17-11-6-7-13-19(17)35-25(32)16-9-4-3-5-10-16)28-29-23(31)22(30)27-24-21(26(33)34-2)18-12-8-14-20(18)36-24/h3-7,9-11,13H,8,12,14H2,1-2H3,(H,27,30)(H,29,31). The van der Waals surface area contributed by atoms with Crippen LogP contribution in [0.1, 0.15) is 50.1 Å². The molecule has 1 aromatic heterocycles. The van der Waals surface area contributed by atoms with Gasteiger partial charge in [-0.2, -0.15) is 5.10 Å². The van der Waals surface area contributed by atoms with Crippen molar-refractivity contribution in [1.82, 2.24) is 5.43 Å². The Bertz CT molecular complexity index is 1360. The number of rotatable bonds is 6. The molecule has 184 valence electrons. The average molecular weight is 506 g/mol. The fraction of sp³-hybridized carbons (Fsp3) is 0.192. The Balaban J connectivity index is 1.45. The number of carbonyl (C=O) groups is 4. The summed E-state index contributed by atoms with van der Waals surface area (Å²) in [6.45, 7) is 1.60. The molecule has 1 aliphatic rings. The van der Waals surface area contributed by atoms with Gasteiger partial charge in [0.25, 0.3) is 0 Å². The van der Waals surface area contributed by atoms with Crippen LogP contribution >= 0.6 is 11.3 Å². The quantitative estimate of drug-likeness (QED) is 0.173. The monoisotopic (exact) mass is 505 g/mol. The van der Waals surface area contributed by atoms with Crippen LogP contribution in [-0.4, -0.2) is 36.6 Å². The largest absolute Gasteiger partial charge is 0.465 e. The van der Waals surface area contributed by atoms with Crippen LogP contribution in [0.4, 0.5) is 5.00 Å². The van der Waals surface area contributed by atoms with Crippen LogP contribution in [0.2, 0.25) is 0 Å². The maximum atomic E-state index is 12.5. The normalized spacial score (nSPS) is 12.4. The van der Waals surface area contributed by atoms with Crippen LogP contribution in [0.5, 0.6) is 5.75 Å². The SMILES string of the molecule is COC(=O)c1c(NC(=O)C(=O)NN=C(C)c2ccccc2OC(=O)c2ccccc2)sc2c1CCC2. The van der Waals surface area contributed by atoms with E-state index in [0.717, 1.165) is 29.7 Å². The molecular formula is C26H23N3O6S. The zero-order chi connectivity index (χ0) is 25.7. The third-order valence-electron chi connectivity index (χ3n) is 5.56. The maximum absolute atomic E-state index is 12.5. The van der Waals surface area contributed by atoms with E-state index in [1.165, 1.54) is 18.4 Å². The highest BCUT2D eigenvalue weighted by molar-refractivity contribution is 7.17. The fourth-order valence-corrected chi connectivity index (χ4v) is 5.08. The molecule has 1 heterocycles. The van der Waals surface area contributed by atoms with Gasteiger partial charge in [-0.25, -0.2) is 15.0 Å². The lowest BCUT2D eigenvalue weighted by atomic mass is 10.1. The van der Waals surface area contributed by atoms with Gasteiger partial charge >= 0.3 is 23.8 Å². The lowest BCUT2D eigenvalue weighted by Crippen LogP contribution is -2.33. The van der Waals surface area contributed by atoms with E-state index in [1.54, 1.807) is 61.5 Å². The van der Waals surface area contributed by atoms with Crippen molar-refractivity contribution in [2.24, 2.45) is 5.10 Å². The van der Waals surface area contributed by atoms with Gasteiger partial charge in [0.1, 0.15) is 10.8 Å². The van der Waals surface area contributed by atoms with E-state index < -0.39 is 23.8 Å². The molecule has 0 spiro atoms. The number of nitrogens with one attached hydrogen (secondary N) is 2. The first-order valence-corrected chi connectivity index (χ1v) is 12.0. The van der Waals surface area contributed by atoms with Gasteiger partial charge in [-0.05, 0) is 56.0 Å². The van der Waals surface area contributed by atoms with Gasteiger partial charge in [0.05, 0.1) is 23.9 Å². The molecule has 10 heteroatoms. The van der Waals surface area contributed by atoms with Crippen LogP contribution in [0, 0.1) is 0 Å². The van der Waals surface area contributed by atoms with Crippen LogP contribution in [0.3, 0.4) is 0 Å². The van der Waals surface area contributed by atoms with Crippen molar-refractivity contribution >= 4 is 45.8 Å². The Kier molecular flexibility index (Phi) is 7.55. The summed E-state index contributed by atoms with van der Waals surface area (Å²) in [5.41, 5.74) is 4.53. The molecule has 9 nitrogen and oxygen atoms in total. The summed E-state index contributed by atoms with van der Waals surface area (Å²) in [7, 11) is 1.27. The van der Waals surface area contributed by atoms with Gasteiger partial charge in [-0.15, -0.1) is 11.3 Å². The molecule has 0 aliphatic heterocycles. The highest BCUT2D eigenvalue weighted by Crippen LogP contribution is 2.39. The van der Waals surface area contributed by atoms with Crippen molar-refractivity contribution in [1.29, 1.82) is 0 Å². The molecule has 3 aromatic rings. The number of aryl methyl sites for hydroxylation is 1. The van der Waals surface area contributed by atoms with E-state index in [-0.39, 0.29) is 10.8 Å². The Labute approximate surface area is 211 Å². The summed E-state index contributed by atoms with van der Waals surface area (Å²) in [6.07, 6.45) is 2.45. The molecule has 36 heavy (non-hydrogen) atoms. The van der Waals surface area contributed by atoms with E-state index in [0.29, 0.717) is 22.4 Å². The minimum Gasteiger partial charge on any atom is -0.465 e. The number of hydrogen-bond donors (Lipinski definition) is 2. The van der Waals surface area contributed by atoms with Crippen molar-refractivity contribution in [2.45, 2.75) is 26.2 Å². The molecule has 4 rings (SSSR count). The smallest absolute Gasteiger partial charge is 0.343 e. The van der Waals surface area contributed by atoms with Crippen molar-refractivity contribution in [2.75, 3.05) is 12.4 Å². The molecule has 0 saturated heterocycles. The molecule has 0 radical (unpaired) electrons. The second-order valence-corrected chi connectivity index (χ2v) is 9.00. The number of methoxy groups -OCH3 is 1. The number of ether oxygens (including phenoxy) is 2. The number of amides is 2. The highest BCUT2D eigenvalue weighted by Gasteiger charge is 2.29. The van der Waals surface area contributed by atoms with Gasteiger partial charge in [0, 0.05) is 10.4 Å². The topological polar surface area (TPSA) is 123 Å². The zero-order valence-corrected chi connectivity index (χ0v) is 20.4. The number of para-hydroxylation sites is 1. The summed E-state index contributed by atoms with van der Waals surface area (Å²) in [5, 5.41) is 6.78. The van der Waals surface area contributed by atoms with Crippen LogP contribution in [0.25, 0.3) is 0 Å². The van der Waals surface area contributed by atoms with E-state index in [4.69, 9.17) is 9.47 Å². The minimum absolute atomic E-state index is 0.252. The Morgan fingerprint density at radius 2 is 1.64 bits per heavy atom. The second-order valence-electron chi connectivity index (χ2n) is 7.90. The predicted octanol–water partition coefficient (Wildman–Crippen LogP) is 3.72. The zero-order valence-electron chi connectivity index (χ0n) is 19.6. The Morgan fingerprint density at radius 3 is 2.39 bits per heavy atom. The number of thiophene rings is 1. The van der Waals surface area contributed by atoms with Gasteiger partial charge < -0.3 is 14.8 Å². The summed E-state index contributed by atoms with van der Waals surface area (Å²) in [5.74, 6) is -2.83. The second kappa shape index (κ2) is 11.0. The first kappa shape index (κ1) is 24.8. The maximum Gasteiger partial charge on any atom is 0.343 e. The van der Waals surface area contributed by atoms with Crippen molar-refractivity contribution in [3.63, 3.8) is 0 Å². The minimum atomic E-state index is -1.02. The summed E-state index contributed by atoms with van der Waals surface area (Å²) in [6, 6.07) is 15.2. The van der Waals surface area contributed by atoms with E-state index in [1.807, 2.05) is 0 Å². The van der Waals surface area contributed by atoms with Crippen LogP contribution in [-0.2, 0) is 27.2 Å². The van der Waals surface area contributed by atoms with Gasteiger partial charge in [0.15, 0.2) is 0 Å². The van der Waals surface area contributed by atoms with E-state index in [9.17, 15) is 19.2 Å². The fourth-order valence-electron chi connectivity index (χ4n) is 3.80. The Hall–Kier alpha value is -4.31. The van der Waals surface area contributed by atoms with Gasteiger partial charge in [-0.1, -0.05) is 30.3 Å². The number of hydrogen-bond acceptors (Lipinski definition) is 8. The number of carbonyl (C=O) groups excluding carboxylic acids is 4. The first-order chi connectivity index (χ1) is 17.4. The van der Waals surface area contributed by atoms with E-state index in [2.05, 4.69) is 15.8 Å². The molecule has 0 atom stereocenters. The number of anilines is 1.